The minimum absolute atomic E-state index is 0.0000709. The minimum atomic E-state index is -0.920. The number of thioether (sulfide) groups is 1. The van der Waals surface area contributed by atoms with Crippen LogP contribution in [-0.4, -0.2) is 59.1 Å². The molecule has 2 aliphatic heterocycles. The molecule has 8 heteroatoms. The van der Waals surface area contributed by atoms with Crippen LogP contribution < -0.4 is 0 Å². The Balaban J connectivity index is 1.48. The molecule has 0 N–H and O–H groups in total. The molecule has 0 aromatic heterocycles. The second-order valence-electron chi connectivity index (χ2n) is 9.00. The number of ether oxygens (including phenoxy) is 1. The standard InChI is InChI=1S/C26H29ClN2O4S/c1-26(11-13-29(26)23(30)15-19-17-34-22-9-4-3-8-21(19)22)25(32)28(12-10-24(31)33-2)16-18-6-5-7-20(27)14-18/h3-9,14,19H,10-13,15-17H2,1-2H3. The summed E-state index contributed by atoms with van der Waals surface area (Å²) in [5.41, 5.74) is 1.16. The van der Waals surface area contributed by atoms with Gasteiger partial charge in [0.15, 0.2) is 0 Å². The first kappa shape index (κ1) is 24.6. The summed E-state index contributed by atoms with van der Waals surface area (Å²) in [6.45, 7) is 2.91. The van der Waals surface area contributed by atoms with Gasteiger partial charge in [0.2, 0.25) is 11.8 Å². The van der Waals surface area contributed by atoms with E-state index in [4.69, 9.17) is 16.3 Å². The zero-order valence-corrected chi connectivity index (χ0v) is 21.0. The van der Waals surface area contributed by atoms with E-state index in [-0.39, 0.29) is 36.7 Å². The Bertz CT molecular complexity index is 1090. The fourth-order valence-electron chi connectivity index (χ4n) is 4.68. The molecule has 1 fully saturated rings. The average molecular weight is 501 g/mol. The number of esters is 1. The van der Waals surface area contributed by atoms with E-state index in [9.17, 15) is 14.4 Å². The number of likely N-dealkylation sites (tertiary alicyclic amines) is 1. The average Bonchev–Trinajstić information content (AvgIpc) is 3.22. The van der Waals surface area contributed by atoms with Gasteiger partial charge >= 0.3 is 5.97 Å². The fourth-order valence-corrected chi connectivity index (χ4v) is 6.14. The summed E-state index contributed by atoms with van der Waals surface area (Å²) in [4.78, 5) is 43.4. The molecular weight excluding hydrogens is 472 g/mol. The summed E-state index contributed by atoms with van der Waals surface area (Å²) in [6.07, 6.45) is 1.07. The first-order valence-corrected chi connectivity index (χ1v) is 12.8. The molecule has 0 saturated carbocycles. The molecule has 0 spiro atoms. The zero-order valence-electron chi connectivity index (χ0n) is 19.5. The van der Waals surface area contributed by atoms with Crippen LogP contribution in [0.2, 0.25) is 5.02 Å². The van der Waals surface area contributed by atoms with E-state index in [0.29, 0.717) is 31.0 Å². The number of hydrogen-bond donors (Lipinski definition) is 0. The molecule has 6 nitrogen and oxygen atoms in total. The molecule has 2 unspecified atom stereocenters. The van der Waals surface area contributed by atoms with Crippen LogP contribution in [-0.2, 0) is 25.7 Å². The molecule has 2 heterocycles. The maximum absolute atomic E-state index is 13.7. The Morgan fingerprint density at radius 2 is 2.00 bits per heavy atom. The van der Waals surface area contributed by atoms with Gasteiger partial charge in [0, 0.05) is 47.6 Å². The predicted molar refractivity (Wildman–Crippen MR) is 133 cm³/mol. The van der Waals surface area contributed by atoms with Gasteiger partial charge in [-0.15, -0.1) is 11.8 Å². The highest BCUT2D eigenvalue weighted by molar-refractivity contribution is 7.99. The van der Waals surface area contributed by atoms with Gasteiger partial charge in [-0.1, -0.05) is 41.9 Å². The second kappa shape index (κ2) is 10.4. The van der Waals surface area contributed by atoms with Crippen LogP contribution in [0.1, 0.15) is 43.2 Å². The van der Waals surface area contributed by atoms with Crippen molar-refractivity contribution in [1.29, 1.82) is 0 Å². The third kappa shape index (κ3) is 5.10. The topological polar surface area (TPSA) is 66.9 Å². The van der Waals surface area contributed by atoms with Crippen molar-refractivity contribution in [2.45, 2.75) is 49.1 Å². The number of fused-ring (bicyclic) bond motifs is 1. The Labute approximate surface area is 209 Å². The van der Waals surface area contributed by atoms with E-state index in [2.05, 4.69) is 12.1 Å². The molecular formula is C26H29ClN2O4S. The lowest BCUT2D eigenvalue weighted by Gasteiger charge is -2.51. The Morgan fingerprint density at radius 3 is 2.71 bits per heavy atom. The second-order valence-corrected chi connectivity index (χ2v) is 10.5. The molecule has 2 aliphatic rings. The van der Waals surface area contributed by atoms with E-state index in [1.165, 1.54) is 17.6 Å². The number of carbonyl (C=O) groups is 3. The van der Waals surface area contributed by atoms with E-state index in [0.717, 1.165) is 11.3 Å². The van der Waals surface area contributed by atoms with E-state index in [1.807, 2.05) is 31.2 Å². The Morgan fingerprint density at radius 1 is 1.21 bits per heavy atom. The highest BCUT2D eigenvalue weighted by Crippen LogP contribution is 2.42. The van der Waals surface area contributed by atoms with Crippen molar-refractivity contribution in [1.82, 2.24) is 9.80 Å². The lowest BCUT2D eigenvalue weighted by molar-refractivity contribution is -0.165. The van der Waals surface area contributed by atoms with Crippen molar-refractivity contribution < 1.29 is 19.1 Å². The molecule has 2 atom stereocenters. The number of hydrogen-bond acceptors (Lipinski definition) is 5. The third-order valence-electron chi connectivity index (χ3n) is 6.76. The molecule has 2 aromatic rings. The van der Waals surface area contributed by atoms with Gasteiger partial charge in [-0.3, -0.25) is 14.4 Å². The zero-order chi connectivity index (χ0) is 24.3. The molecule has 0 aliphatic carbocycles. The quantitative estimate of drug-likeness (QED) is 0.499. The highest BCUT2D eigenvalue weighted by Gasteiger charge is 2.51. The van der Waals surface area contributed by atoms with Gasteiger partial charge in [-0.25, -0.2) is 0 Å². The summed E-state index contributed by atoms with van der Waals surface area (Å²) >= 11 is 7.92. The van der Waals surface area contributed by atoms with Crippen LogP contribution >= 0.6 is 23.4 Å². The molecule has 4 rings (SSSR count). The SMILES string of the molecule is COC(=O)CCN(Cc1cccc(Cl)c1)C(=O)C1(C)CCN1C(=O)CC1CSc2ccccc21. The summed E-state index contributed by atoms with van der Waals surface area (Å²) in [5, 5.41) is 0.583. The lowest BCUT2D eigenvalue weighted by atomic mass is 9.83. The van der Waals surface area contributed by atoms with Crippen LogP contribution in [0.3, 0.4) is 0 Å². The number of halogens is 1. The molecule has 0 radical (unpaired) electrons. The van der Waals surface area contributed by atoms with Crippen molar-refractivity contribution in [2.75, 3.05) is 26.0 Å². The fraction of sp³-hybridized carbons (Fsp3) is 0.423. The summed E-state index contributed by atoms with van der Waals surface area (Å²) < 4.78 is 4.77. The van der Waals surface area contributed by atoms with Crippen molar-refractivity contribution >= 4 is 41.1 Å². The van der Waals surface area contributed by atoms with Crippen LogP contribution in [0.15, 0.2) is 53.4 Å². The normalized spacial score (nSPS) is 20.9. The van der Waals surface area contributed by atoms with E-state index >= 15 is 0 Å². The van der Waals surface area contributed by atoms with Crippen molar-refractivity contribution in [3.63, 3.8) is 0 Å². The number of amides is 2. The van der Waals surface area contributed by atoms with Crippen molar-refractivity contribution in [3.05, 3.63) is 64.7 Å². The van der Waals surface area contributed by atoms with Gasteiger partial charge in [0.25, 0.3) is 0 Å². The highest BCUT2D eigenvalue weighted by atomic mass is 35.5. The van der Waals surface area contributed by atoms with Gasteiger partial charge in [-0.05, 0) is 42.7 Å². The lowest BCUT2D eigenvalue weighted by Crippen LogP contribution is -2.68. The van der Waals surface area contributed by atoms with Gasteiger partial charge in [-0.2, -0.15) is 0 Å². The van der Waals surface area contributed by atoms with Crippen molar-refractivity contribution in [3.8, 4) is 0 Å². The number of benzene rings is 2. The third-order valence-corrected chi connectivity index (χ3v) is 8.25. The molecule has 2 aromatic carbocycles. The van der Waals surface area contributed by atoms with Crippen LogP contribution in [0.4, 0.5) is 0 Å². The summed E-state index contributed by atoms with van der Waals surface area (Å²) in [7, 11) is 1.33. The number of rotatable bonds is 8. The predicted octanol–water partition coefficient (Wildman–Crippen LogP) is 4.50. The maximum atomic E-state index is 13.7. The molecule has 1 saturated heterocycles. The number of carbonyl (C=O) groups excluding carboxylic acids is 3. The summed E-state index contributed by atoms with van der Waals surface area (Å²) in [5.74, 6) is 0.504. The summed E-state index contributed by atoms with van der Waals surface area (Å²) in [6, 6.07) is 15.5. The van der Waals surface area contributed by atoms with Crippen LogP contribution in [0.25, 0.3) is 0 Å². The smallest absolute Gasteiger partial charge is 0.307 e. The monoisotopic (exact) mass is 500 g/mol. The molecule has 180 valence electrons. The van der Waals surface area contributed by atoms with E-state index in [1.54, 1.807) is 33.7 Å². The van der Waals surface area contributed by atoms with Crippen molar-refractivity contribution in [2.24, 2.45) is 0 Å². The molecule has 2 amide bonds. The van der Waals surface area contributed by atoms with Gasteiger partial charge in [0.1, 0.15) is 5.54 Å². The van der Waals surface area contributed by atoms with Crippen LogP contribution in [0, 0.1) is 0 Å². The van der Waals surface area contributed by atoms with Gasteiger partial charge in [0.05, 0.1) is 13.5 Å². The first-order valence-electron chi connectivity index (χ1n) is 11.4. The first-order chi connectivity index (χ1) is 16.3. The largest absolute Gasteiger partial charge is 0.469 e. The number of nitrogens with zero attached hydrogens (tertiary/aromatic N) is 2. The Kier molecular flexibility index (Phi) is 7.53. The van der Waals surface area contributed by atoms with E-state index < -0.39 is 5.54 Å². The minimum Gasteiger partial charge on any atom is -0.469 e. The Hall–Kier alpha value is -2.51. The van der Waals surface area contributed by atoms with Gasteiger partial charge < -0.3 is 14.5 Å². The molecule has 34 heavy (non-hydrogen) atoms. The molecule has 0 bridgehead atoms. The number of methoxy groups -OCH3 is 1. The maximum Gasteiger partial charge on any atom is 0.307 e. The van der Waals surface area contributed by atoms with Crippen LogP contribution in [0.5, 0.6) is 0 Å².